The van der Waals surface area contributed by atoms with Crippen LogP contribution in [-0.4, -0.2) is 27.3 Å². The summed E-state index contributed by atoms with van der Waals surface area (Å²) in [6.07, 6.45) is 0.744. The smallest absolute Gasteiger partial charge is 0.243 e. The Labute approximate surface area is 198 Å². The van der Waals surface area contributed by atoms with E-state index in [0.29, 0.717) is 29.8 Å². The van der Waals surface area contributed by atoms with E-state index in [0.717, 1.165) is 11.1 Å². The molecule has 3 aromatic carbocycles. The molecule has 0 spiro atoms. The summed E-state index contributed by atoms with van der Waals surface area (Å²) in [6, 6.07) is 19.3. The van der Waals surface area contributed by atoms with Gasteiger partial charge in [0, 0.05) is 24.2 Å². The van der Waals surface area contributed by atoms with Crippen LogP contribution in [0, 0.1) is 0 Å². The van der Waals surface area contributed by atoms with Gasteiger partial charge in [0.1, 0.15) is 11.8 Å². The minimum atomic E-state index is -4.04. The molecular weight excluding hydrogens is 454 g/mol. The van der Waals surface area contributed by atoms with Gasteiger partial charge in [-0.2, -0.15) is 4.72 Å². The number of hydrogen-bond acceptors (Lipinski definition) is 5. The van der Waals surface area contributed by atoms with E-state index < -0.39 is 22.0 Å². The van der Waals surface area contributed by atoms with Crippen LogP contribution in [0.1, 0.15) is 29.2 Å². The summed E-state index contributed by atoms with van der Waals surface area (Å²) in [5.41, 5.74) is 2.61. The summed E-state index contributed by atoms with van der Waals surface area (Å²) in [5, 5.41) is 5.54. The molecule has 0 bridgehead atoms. The zero-order valence-electron chi connectivity index (χ0n) is 18.6. The Kier molecular flexibility index (Phi) is 6.95. The molecule has 9 heteroatoms. The van der Waals surface area contributed by atoms with Gasteiger partial charge in [0.05, 0.1) is 12.0 Å². The normalized spacial score (nSPS) is 14.0. The highest BCUT2D eigenvalue weighted by atomic mass is 32.2. The predicted octanol–water partition coefficient (Wildman–Crippen LogP) is 2.92. The van der Waals surface area contributed by atoms with Gasteiger partial charge in [-0.1, -0.05) is 48.5 Å². The minimum Gasteiger partial charge on any atom is -0.496 e. The second kappa shape index (κ2) is 10.1. The fourth-order valence-corrected chi connectivity index (χ4v) is 5.04. The average Bonchev–Trinajstić information content (AvgIpc) is 2.86. The van der Waals surface area contributed by atoms with Crippen LogP contribution in [0.4, 0.5) is 5.69 Å². The lowest BCUT2D eigenvalue weighted by molar-refractivity contribution is -0.123. The molecule has 3 aromatic rings. The maximum absolute atomic E-state index is 13.2. The van der Waals surface area contributed by atoms with Crippen molar-refractivity contribution >= 4 is 27.5 Å². The first-order valence-corrected chi connectivity index (χ1v) is 12.3. The summed E-state index contributed by atoms with van der Waals surface area (Å²) in [7, 11) is -2.50. The number of ether oxygens (including phenoxy) is 1. The fraction of sp³-hybridized carbons (Fsp3) is 0.200. The zero-order chi connectivity index (χ0) is 24.1. The molecule has 0 aromatic heterocycles. The van der Waals surface area contributed by atoms with Gasteiger partial charge in [0.25, 0.3) is 0 Å². The highest BCUT2D eigenvalue weighted by Gasteiger charge is 2.28. The van der Waals surface area contributed by atoms with Gasteiger partial charge in [-0.25, -0.2) is 8.42 Å². The van der Waals surface area contributed by atoms with Crippen LogP contribution in [0.25, 0.3) is 0 Å². The van der Waals surface area contributed by atoms with Crippen molar-refractivity contribution in [2.45, 2.75) is 30.3 Å². The second-order valence-corrected chi connectivity index (χ2v) is 9.58. The number of hydrogen-bond donors (Lipinski definition) is 3. The number of carbonyl (C=O) groups excluding carboxylic acids is 2. The van der Waals surface area contributed by atoms with E-state index in [1.54, 1.807) is 49.6 Å². The summed E-state index contributed by atoms with van der Waals surface area (Å²) in [4.78, 5) is 24.8. The zero-order valence-corrected chi connectivity index (χ0v) is 19.4. The van der Waals surface area contributed by atoms with Gasteiger partial charge in [-0.15, -0.1) is 0 Å². The second-order valence-electron chi connectivity index (χ2n) is 7.86. The quantitative estimate of drug-likeness (QED) is 0.460. The molecule has 4 rings (SSSR count). The molecule has 1 aliphatic heterocycles. The Morgan fingerprint density at radius 3 is 2.53 bits per heavy atom. The monoisotopic (exact) mass is 479 g/mol. The molecule has 0 saturated carbocycles. The highest BCUT2D eigenvalue weighted by molar-refractivity contribution is 7.89. The number of anilines is 1. The maximum atomic E-state index is 13.2. The van der Waals surface area contributed by atoms with Crippen molar-refractivity contribution in [3.8, 4) is 5.75 Å². The van der Waals surface area contributed by atoms with Gasteiger partial charge in [-0.3, -0.25) is 9.59 Å². The van der Waals surface area contributed by atoms with Crippen LogP contribution in [0.2, 0.25) is 0 Å². The molecule has 3 N–H and O–H groups in total. The summed E-state index contributed by atoms with van der Waals surface area (Å²) in [5.74, 6) is 0.0313. The van der Waals surface area contributed by atoms with E-state index in [2.05, 4.69) is 15.4 Å². The molecule has 0 saturated heterocycles. The lowest BCUT2D eigenvalue weighted by atomic mass is 10.0. The van der Waals surface area contributed by atoms with E-state index in [-0.39, 0.29) is 17.3 Å². The predicted molar refractivity (Wildman–Crippen MR) is 128 cm³/mol. The van der Waals surface area contributed by atoms with Gasteiger partial charge >= 0.3 is 0 Å². The Bertz CT molecular complexity index is 1310. The lowest BCUT2D eigenvalue weighted by Gasteiger charge is -2.21. The van der Waals surface area contributed by atoms with E-state index in [1.165, 1.54) is 12.1 Å². The molecule has 1 heterocycles. The van der Waals surface area contributed by atoms with Crippen LogP contribution in [0.15, 0.2) is 77.7 Å². The summed E-state index contributed by atoms with van der Waals surface area (Å²) >= 11 is 0. The topological polar surface area (TPSA) is 114 Å². The van der Waals surface area contributed by atoms with Gasteiger partial charge < -0.3 is 15.4 Å². The third-order valence-corrected chi connectivity index (χ3v) is 7.02. The van der Waals surface area contributed by atoms with Crippen LogP contribution in [-0.2, 0) is 32.6 Å². The molecule has 0 radical (unpaired) electrons. The van der Waals surface area contributed by atoms with Crippen LogP contribution in [0.3, 0.4) is 0 Å². The SMILES string of the molecule is COc1ccccc1CNC(=O)[C@H](NS(=O)(=O)c1ccc2c(c1)CCC(=O)N2)c1ccccc1. The Balaban J connectivity index is 1.58. The molecule has 176 valence electrons. The van der Waals surface area contributed by atoms with Crippen LogP contribution < -0.4 is 20.1 Å². The minimum absolute atomic E-state index is 0.0286. The number of nitrogens with one attached hydrogen (secondary N) is 3. The first kappa shape index (κ1) is 23.5. The third-order valence-electron chi connectivity index (χ3n) is 5.60. The Morgan fingerprint density at radius 2 is 1.76 bits per heavy atom. The molecule has 0 unspecified atom stereocenters. The number of benzene rings is 3. The van der Waals surface area contributed by atoms with E-state index >= 15 is 0 Å². The Morgan fingerprint density at radius 1 is 1.03 bits per heavy atom. The van der Waals surface area contributed by atoms with E-state index in [4.69, 9.17) is 4.74 Å². The van der Waals surface area contributed by atoms with Crippen molar-refractivity contribution < 1.29 is 22.7 Å². The van der Waals surface area contributed by atoms with Crippen LogP contribution >= 0.6 is 0 Å². The van der Waals surface area contributed by atoms with Crippen molar-refractivity contribution in [1.82, 2.24) is 10.0 Å². The first-order valence-electron chi connectivity index (χ1n) is 10.8. The fourth-order valence-electron chi connectivity index (χ4n) is 3.80. The summed E-state index contributed by atoms with van der Waals surface area (Å²) < 4.78 is 34.4. The van der Waals surface area contributed by atoms with Crippen molar-refractivity contribution in [1.29, 1.82) is 0 Å². The molecule has 1 atom stereocenters. The van der Waals surface area contributed by atoms with Crippen molar-refractivity contribution in [2.24, 2.45) is 0 Å². The van der Waals surface area contributed by atoms with Crippen molar-refractivity contribution in [2.75, 3.05) is 12.4 Å². The maximum Gasteiger partial charge on any atom is 0.243 e. The molecular formula is C25H25N3O5S. The number of fused-ring (bicyclic) bond motifs is 1. The number of carbonyl (C=O) groups is 2. The Hall–Kier alpha value is -3.69. The van der Waals surface area contributed by atoms with Gasteiger partial charge in [0.15, 0.2) is 0 Å². The standard InChI is InChI=1S/C25H25N3O5S/c1-33-22-10-6-5-9-19(22)16-26-25(30)24(17-7-3-2-4-8-17)28-34(31,32)20-12-13-21-18(15-20)11-14-23(29)27-21/h2-10,12-13,15,24,28H,11,14,16H2,1H3,(H,26,30)(H,27,29)/t24-/m1/s1. The van der Waals surface area contributed by atoms with E-state index in [9.17, 15) is 18.0 Å². The molecule has 1 aliphatic rings. The lowest BCUT2D eigenvalue weighted by Crippen LogP contribution is -2.40. The van der Waals surface area contributed by atoms with Crippen LogP contribution in [0.5, 0.6) is 5.75 Å². The van der Waals surface area contributed by atoms with E-state index in [1.807, 2.05) is 18.2 Å². The summed E-state index contributed by atoms with van der Waals surface area (Å²) in [6.45, 7) is 0.173. The molecule has 0 aliphatic carbocycles. The third kappa shape index (κ3) is 5.27. The van der Waals surface area contributed by atoms with Gasteiger partial charge in [0.2, 0.25) is 21.8 Å². The number of amides is 2. The van der Waals surface area contributed by atoms with Crippen molar-refractivity contribution in [3.05, 3.63) is 89.5 Å². The molecule has 2 amide bonds. The van der Waals surface area contributed by atoms with Gasteiger partial charge in [-0.05, 0) is 41.8 Å². The first-order chi connectivity index (χ1) is 16.4. The molecule has 34 heavy (non-hydrogen) atoms. The average molecular weight is 480 g/mol. The number of methoxy groups -OCH3 is 1. The number of para-hydroxylation sites is 1. The number of aryl methyl sites for hydroxylation is 1. The molecule has 0 fully saturated rings. The van der Waals surface area contributed by atoms with Crippen molar-refractivity contribution in [3.63, 3.8) is 0 Å². The number of sulfonamides is 1. The largest absolute Gasteiger partial charge is 0.496 e. The molecule has 8 nitrogen and oxygen atoms in total. The highest BCUT2D eigenvalue weighted by Crippen LogP contribution is 2.26. The number of rotatable bonds is 8.